The predicted molar refractivity (Wildman–Crippen MR) is 143 cm³/mol. The van der Waals surface area contributed by atoms with Gasteiger partial charge < -0.3 is 14.8 Å². The number of fused-ring (bicyclic) bond motifs is 1. The summed E-state index contributed by atoms with van der Waals surface area (Å²) in [5.41, 5.74) is 3.26. The molecule has 1 aliphatic heterocycles. The molecule has 2 heterocycles. The van der Waals surface area contributed by atoms with Gasteiger partial charge in [-0.1, -0.05) is 33.3 Å². The second-order valence-electron chi connectivity index (χ2n) is 10.6. The Bertz CT molecular complexity index is 1320. The second kappa shape index (κ2) is 10.7. The number of nitrogens with one attached hydrogen (secondary N) is 2. The Morgan fingerprint density at radius 3 is 2.33 bits per heavy atom. The number of imidazole rings is 1. The normalized spacial score (nSPS) is 15.3. The van der Waals surface area contributed by atoms with Crippen LogP contribution in [0.4, 0.5) is 5.69 Å². The zero-order valence-electron chi connectivity index (χ0n) is 21.7. The molecule has 8 nitrogen and oxygen atoms in total. The molecule has 0 aliphatic carbocycles. The smallest absolute Gasteiger partial charge is 0.240 e. The molecule has 0 bridgehead atoms. The third kappa shape index (κ3) is 6.32. The molecule has 0 spiro atoms. The van der Waals surface area contributed by atoms with E-state index in [0.29, 0.717) is 5.69 Å². The van der Waals surface area contributed by atoms with Gasteiger partial charge in [0.1, 0.15) is 5.82 Å². The zero-order chi connectivity index (χ0) is 25.9. The summed E-state index contributed by atoms with van der Waals surface area (Å²) in [5, 5.41) is 2.64. The van der Waals surface area contributed by atoms with Crippen molar-refractivity contribution in [1.29, 1.82) is 0 Å². The van der Waals surface area contributed by atoms with E-state index >= 15 is 0 Å². The van der Waals surface area contributed by atoms with Crippen LogP contribution in [0.5, 0.6) is 0 Å². The van der Waals surface area contributed by atoms with Crippen molar-refractivity contribution >= 4 is 32.7 Å². The van der Waals surface area contributed by atoms with E-state index in [-0.39, 0.29) is 22.8 Å². The number of benzene rings is 2. The average Bonchev–Trinajstić information content (AvgIpc) is 3.20. The Hall–Kier alpha value is -2.75. The Balaban J connectivity index is 1.50. The van der Waals surface area contributed by atoms with Crippen molar-refractivity contribution < 1.29 is 13.2 Å². The van der Waals surface area contributed by atoms with Crippen molar-refractivity contribution in [2.45, 2.75) is 70.4 Å². The molecule has 1 aromatic heterocycles. The van der Waals surface area contributed by atoms with E-state index in [0.717, 1.165) is 48.6 Å². The van der Waals surface area contributed by atoms with Crippen molar-refractivity contribution in [2.75, 3.05) is 25.0 Å². The molecular weight excluding hydrogens is 474 g/mol. The van der Waals surface area contributed by atoms with Crippen LogP contribution >= 0.6 is 0 Å². The van der Waals surface area contributed by atoms with Crippen LogP contribution in [0.1, 0.15) is 58.3 Å². The molecule has 1 fully saturated rings. The van der Waals surface area contributed by atoms with Gasteiger partial charge in [0, 0.05) is 37.7 Å². The topological polar surface area (TPSA) is 96.3 Å². The molecule has 2 N–H and O–H groups in total. The maximum absolute atomic E-state index is 12.8. The number of sulfonamides is 1. The number of amides is 1. The van der Waals surface area contributed by atoms with E-state index in [1.54, 1.807) is 12.1 Å². The first kappa shape index (κ1) is 26.3. The summed E-state index contributed by atoms with van der Waals surface area (Å²) in [6, 6.07) is 12.1. The van der Waals surface area contributed by atoms with Gasteiger partial charge in [0.15, 0.2) is 0 Å². The lowest BCUT2D eigenvalue weighted by molar-refractivity contribution is -0.114. The number of hydrogen-bond acceptors (Lipinski definition) is 5. The highest BCUT2D eigenvalue weighted by Crippen LogP contribution is 2.27. The molecule has 1 amide bonds. The van der Waals surface area contributed by atoms with Crippen LogP contribution in [0.3, 0.4) is 0 Å². The standard InChI is InChI=1S/C27H37N5O3S/c1-20(33)29-22-9-11-23(12-10-22)36(34,35)28-19-21-8-13-25-24(18-21)30-26(27(2,3)4)32(25)17-16-31-14-6-5-7-15-31/h8-13,18,28H,5-7,14-17,19H2,1-4H3,(H,29,33). The Kier molecular flexibility index (Phi) is 7.82. The van der Waals surface area contributed by atoms with Crippen LogP contribution in [0.15, 0.2) is 47.4 Å². The number of nitrogens with zero attached hydrogens (tertiary/aromatic N) is 3. The van der Waals surface area contributed by atoms with Crippen LogP contribution < -0.4 is 10.0 Å². The lowest BCUT2D eigenvalue weighted by atomic mass is 9.95. The molecule has 1 aliphatic rings. The number of aromatic nitrogens is 2. The zero-order valence-corrected chi connectivity index (χ0v) is 22.5. The highest BCUT2D eigenvalue weighted by atomic mass is 32.2. The SMILES string of the molecule is CC(=O)Nc1ccc(S(=O)(=O)NCc2ccc3c(c2)nc(C(C)(C)C)n3CCN2CCCCC2)cc1. The van der Waals surface area contributed by atoms with Gasteiger partial charge >= 0.3 is 0 Å². The molecule has 2 aromatic carbocycles. The van der Waals surface area contributed by atoms with Gasteiger partial charge in [-0.15, -0.1) is 0 Å². The summed E-state index contributed by atoms with van der Waals surface area (Å²) in [7, 11) is -3.70. The fourth-order valence-electron chi connectivity index (χ4n) is 4.69. The van der Waals surface area contributed by atoms with Gasteiger partial charge in [-0.2, -0.15) is 0 Å². The van der Waals surface area contributed by atoms with Crippen LogP contribution in [0, 0.1) is 0 Å². The van der Waals surface area contributed by atoms with Crippen molar-refractivity contribution in [2.24, 2.45) is 0 Å². The highest BCUT2D eigenvalue weighted by Gasteiger charge is 2.24. The van der Waals surface area contributed by atoms with E-state index in [1.807, 2.05) is 12.1 Å². The molecule has 0 unspecified atom stereocenters. The van der Waals surface area contributed by atoms with E-state index in [4.69, 9.17) is 4.98 Å². The third-order valence-corrected chi connectivity index (χ3v) is 7.94. The lowest BCUT2D eigenvalue weighted by Gasteiger charge is -2.28. The van der Waals surface area contributed by atoms with Crippen LogP contribution in [-0.4, -0.2) is 48.4 Å². The maximum atomic E-state index is 12.8. The third-order valence-electron chi connectivity index (χ3n) is 6.52. The van der Waals surface area contributed by atoms with Crippen molar-refractivity contribution in [3.05, 3.63) is 53.9 Å². The first-order valence-corrected chi connectivity index (χ1v) is 14.1. The van der Waals surface area contributed by atoms with Gasteiger partial charge in [-0.3, -0.25) is 4.79 Å². The Morgan fingerprint density at radius 1 is 1.00 bits per heavy atom. The number of likely N-dealkylation sites (tertiary alicyclic amines) is 1. The summed E-state index contributed by atoms with van der Waals surface area (Å²) < 4.78 is 30.6. The summed E-state index contributed by atoms with van der Waals surface area (Å²) in [6.45, 7) is 12.3. The quantitative estimate of drug-likeness (QED) is 0.471. The van der Waals surface area contributed by atoms with Crippen LogP contribution in [0.25, 0.3) is 11.0 Å². The predicted octanol–water partition coefficient (Wildman–Crippen LogP) is 4.26. The minimum atomic E-state index is -3.70. The lowest BCUT2D eigenvalue weighted by Crippen LogP contribution is -2.33. The minimum Gasteiger partial charge on any atom is -0.326 e. The molecule has 1 saturated heterocycles. The number of rotatable bonds is 8. The van der Waals surface area contributed by atoms with Crippen LogP contribution in [0.2, 0.25) is 0 Å². The Morgan fingerprint density at radius 2 is 1.69 bits per heavy atom. The number of carbonyl (C=O) groups excluding carboxylic acids is 1. The van der Waals surface area contributed by atoms with Gasteiger partial charge in [0.05, 0.1) is 15.9 Å². The first-order valence-electron chi connectivity index (χ1n) is 12.6. The van der Waals surface area contributed by atoms with Gasteiger partial charge in [-0.25, -0.2) is 18.1 Å². The molecule has 0 atom stereocenters. The molecule has 4 rings (SSSR count). The Labute approximate surface area is 214 Å². The van der Waals surface area contributed by atoms with E-state index in [1.165, 1.54) is 38.3 Å². The fourth-order valence-corrected chi connectivity index (χ4v) is 5.71. The maximum Gasteiger partial charge on any atom is 0.240 e. The molecule has 36 heavy (non-hydrogen) atoms. The van der Waals surface area contributed by atoms with Gasteiger partial charge in [0.25, 0.3) is 0 Å². The van der Waals surface area contributed by atoms with Crippen molar-refractivity contribution in [1.82, 2.24) is 19.2 Å². The first-order chi connectivity index (χ1) is 17.0. The summed E-state index contributed by atoms with van der Waals surface area (Å²) in [5.74, 6) is 0.842. The molecule has 0 saturated carbocycles. The van der Waals surface area contributed by atoms with E-state index in [2.05, 4.69) is 46.3 Å². The summed E-state index contributed by atoms with van der Waals surface area (Å²) in [6.07, 6.45) is 3.87. The van der Waals surface area contributed by atoms with Crippen molar-refractivity contribution in [3.8, 4) is 0 Å². The highest BCUT2D eigenvalue weighted by molar-refractivity contribution is 7.89. The largest absolute Gasteiger partial charge is 0.326 e. The fraction of sp³-hybridized carbons (Fsp3) is 0.481. The second-order valence-corrected chi connectivity index (χ2v) is 12.4. The van der Waals surface area contributed by atoms with Crippen LogP contribution in [-0.2, 0) is 33.3 Å². The summed E-state index contributed by atoms with van der Waals surface area (Å²) >= 11 is 0. The van der Waals surface area contributed by atoms with Gasteiger partial charge in [-0.05, 0) is 67.9 Å². The molecule has 194 valence electrons. The molecular formula is C27H37N5O3S. The number of hydrogen-bond donors (Lipinski definition) is 2. The average molecular weight is 512 g/mol. The van der Waals surface area contributed by atoms with E-state index < -0.39 is 10.0 Å². The summed E-state index contributed by atoms with van der Waals surface area (Å²) in [4.78, 5) is 18.8. The minimum absolute atomic E-state index is 0.105. The number of carbonyl (C=O) groups is 1. The molecule has 0 radical (unpaired) electrons. The number of piperidine rings is 1. The number of anilines is 1. The molecule has 9 heteroatoms. The van der Waals surface area contributed by atoms with Crippen molar-refractivity contribution in [3.63, 3.8) is 0 Å². The van der Waals surface area contributed by atoms with E-state index in [9.17, 15) is 13.2 Å². The molecule has 3 aromatic rings. The monoisotopic (exact) mass is 511 g/mol. The van der Waals surface area contributed by atoms with Gasteiger partial charge in [0.2, 0.25) is 15.9 Å².